The third-order valence-corrected chi connectivity index (χ3v) is 3.47. The van der Waals surface area contributed by atoms with Crippen LogP contribution >= 0.6 is 0 Å². The van der Waals surface area contributed by atoms with Gasteiger partial charge in [-0.25, -0.2) is 13.9 Å². The Hall–Kier alpha value is -4.15. The maximum Gasteiger partial charge on any atom is 0.338 e. The Balaban J connectivity index is 1.45. The highest BCUT2D eigenvalue weighted by atomic mass is 19.1. The van der Waals surface area contributed by atoms with Crippen LogP contribution in [0.3, 0.4) is 0 Å². The third-order valence-electron chi connectivity index (χ3n) is 3.47. The lowest BCUT2D eigenvalue weighted by atomic mass is 10.2. The highest BCUT2D eigenvalue weighted by Crippen LogP contribution is 2.09. The van der Waals surface area contributed by atoms with Gasteiger partial charge in [-0.1, -0.05) is 0 Å². The molecule has 2 aromatic carbocycles. The van der Waals surface area contributed by atoms with E-state index in [2.05, 4.69) is 26.4 Å². The zero-order valence-electron chi connectivity index (χ0n) is 14.2. The molecular formula is C17H13FN6O4. The van der Waals surface area contributed by atoms with Crippen molar-refractivity contribution in [3.8, 4) is 5.69 Å². The van der Waals surface area contributed by atoms with Gasteiger partial charge in [-0.3, -0.25) is 20.4 Å². The van der Waals surface area contributed by atoms with Crippen molar-refractivity contribution in [2.45, 2.75) is 0 Å². The molecule has 0 spiro atoms. The van der Waals surface area contributed by atoms with Gasteiger partial charge in [0.05, 0.1) is 11.3 Å². The van der Waals surface area contributed by atoms with Gasteiger partial charge in [0.25, 0.3) is 11.8 Å². The van der Waals surface area contributed by atoms with Gasteiger partial charge in [0, 0.05) is 5.56 Å². The quantitative estimate of drug-likeness (QED) is 0.482. The predicted octanol–water partition coefficient (Wildman–Crippen LogP) is 0.419. The molecule has 0 radical (unpaired) electrons. The second-order valence-corrected chi connectivity index (χ2v) is 5.39. The fourth-order valence-electron chi connectivity index (χ4n) is 2.08. The Bertz CT molecular complexity index is 974. The lowest BCUT2D eigenvalue weighted by Gasteiger charge is -2.08. The van der Waals surface area contributed by atoms with E-state index in [0.717, 1.165) is 12.1 Å². The first-order valence-corrected chi connectivity index (χ1v) is 7.88. The number of esters is 1. The molecule has 1 heterocycles. The maximum atomic E-state index is 12.8. The zero-order valence-corrected chi connectivity index (χ0v) is 14.2. The summed E-state index contributed by atoms with van der Waals surface area (Å²) in [6, 6.07) is 10.9. The molecule has 0 fully saturated rings. The number of hydrogen-bond donors (Lipinski definition) is 2. The van der Waals surface area contributed by atoms with E-state index in [1.54, 1.807) is 12.1 Å². The summed E-state index contributed by atoms with van der Waals surface area (Å²) in [5.74, 6) is -2.59. The molecule has 0 atom stereocenters. The Morgan fingerprint density at radius 3 is 2.29 bits per heavy atom. The number of hydrogen-bond acceptors (Lipinski definition) is 7. The molecule has 10 nitrogen and oxygen atoms in total. The van der Waals surface area contributed by atoms with Crippen molar-refractivity contribution in [2.24, 2.45) is 0 Å². The highest BCUT2D eigenvalue weighted by Gasteiger charge is 2.12. The number of hydrazine groups is 1. The number of nitrogens with one attached hydrogen (secondary N) is 2. The summed E-state index contributed by atoms with van der Waals surface area (Å²) < 4.78 is 19.1. The monoisotopic (exact) mass is 384 g/mol. The van der Waals surface area contributed by atoms with Gasteiger partial charge in [-0.2, -0.15) is 0 Å². The van der Waals surface area contributed by atoms with E-state index in [1.807, 2.05) is 0 Å². The fourth-order valence-corrected chi connectivity index (χ4v) is 2.08. The average molecular weight is 384 g/mol. The molecule has 142 valence electrons. The summed E-state index contributed by atoms with van der Waals surface area (Å²) in [6.45, 7) is -0.600. The van der Waals surface area contributed by atoms with E-state index in [9.17, 15) is 18.8 Å². The molecular weight excluding hydrogens is 371 g/mol. The Labute approximate surface area is 157 Å². The van der Waals surface area contributed by atoms with Gasteiger partial charge in [0.2, 0.25) is 0 Å². The van der Waals surface area contributed by atoms with Crippen molar-refractivity contribution in [1.82, 2.24) is 31.1 Å². The van der Waals surface area contributed by atoms with E-state index in [4.69, 9.17) is 4.74 Å². The van der Waals surface area contributed by atoms with Crippen LogP contribution < -0.4 is 10.9 Å². The summed E-state index contributed by atoms with van der Waals surface area (Å²) in [5.41, 5.74) is 5.24. The van der Waals surface area contributed by atoms with E-state index in [-0.39, 0.29) is 11.1 Å². The molecule has 3 rings (SSSR count). The molecule has 1 aromatic heterocycles. The van der Waals surface area contributed by atoms with Gasteiger partial charge < -0.3 is 4.74 Å². The van der Waals surface area contributed by atoms with Crippen LogP contribution in [0.2, 0.25) is 0 Å². The maximum absolute atomic E-state index is 12.8. The van der Waals surface area contributed by atoms with Crippen LogP contribution in [0.1, 0.15) is 20.7 Å². The molecule has 0 saturated heterocycles. The van der Waals surface area contributed by atoms with Crippen LogP contribution in [0.25, 0.3) is 5.69 Å². The lowest BCUT2D eigenvalue weighted by Crippen LogP contribution is -2.43. The number of benzene rings is 2. The van der Waals surface area contributed by atoms with E-state index in [1.165, 1.54) is 35.3 Å². The normalized spacial score (nSPS) is 10.2. The van der Waals surface area contributed by atoms with Crippen molar-refractivity contribution in [3.63, 3.8) is 0 Å². The van der Waals surface area contributed by atoms with E-state index >= 15 is 0 Å². The minimum absolute atomic E-state index is 0.154. The van der Waals surface area contributed by atoms with E-state index in [0.29, 0.717) is 5.69 Å². The van der Waals surface area contributed by atoms with Crippen molar-refractivity contribution in [1.29, 1.82) is 0 Å². The van der Waals surface area contributed by atoms with Crippen molar-refractivity contribution in [2.75, 3.05) is 6.61 Å². The number of halogens is 1. The first kappa shape index (κ1) is 18.6. The van der Waals surface area contributed by atoms with Gasteiger partial charge in [-0.15, -0.1) is 5.10 Å². The molecule has 2 N–H and O–H groups in total. The van der Waals surface area contributed by atoms with Gasteiger partial charge >= 0.3 is 5.97 Å². The number of rotatable bonds is 5. The van der Waals surface area contributed by atoms with Crippen molar-refractivity contribution >= 4 is 17.8 Å². The summed E-state index contributed by atoms with van der Waals surface area (Å²) in [7, 11) is 0. The molecule has 2 amide bonds. The summed E-state index contributed by atoms with van der Waals surface area (Å²) in [5, 5.41) is 10.7. The third kappa shape index (κ3) is 4.72. The van der Waals surface area contributed by atoms with Gasteiger partial charge in [0.15, 0.2) is 6.61 Å². The largest absolute Gasteiger partial charge is 0.452 e. The topological polar surface area (TPSA) is 128 Å². The van der Waals surface area contributed by atoms with Gasteiger partial charge in [0.1, 0.15) is 12.1 Å². The van der Waals surface area contributed by atoms with Crippen LogP contribution in [-0.2, 0) is 9.53 Å². The second kappa shape index (κ2) is 8.49. The number of amides is 2. The second-order valence-electron chi connectivity index (χ2n) is 5.39. The van der Waals surface area contributed by atoms with Crippen molar-refractivity contribution < 1.29 is 23.5 Å². The van der Waals surface area contributed by atoms with Crippen LogP contribution in [0.15, 0.2) is 54.9 Å². The number of carbonyl (C=O) groups excluding carboxylic acids is 3. The molecule has 3 aromatic rings. The number of nitrogens with zero attached hydrogens (tertiary/aromatic N) is 4. The van der Waals surface area contributed by atoms with Crippen LogP contribution in [0.5, 0.6) is 0 Å². The predicted molar refractivity (Wildman–Crippen MR) is 91.4 cm³/mol. The summed E-state index contributed by atoms with van der Waals surface area (Å²) in [6.07, 6.45) is 1.40. The minimum Gasteiger partial charge on any atom is -0.452 e. The summed E-state index contributed by atoms with van der Waals surface area (Å²) in [4.78, 5) is 35.4. The van der Waals surface area contributed by atoms with Crippen molar-refractivity contribution in [3.05, 3.63) is 71.8 Å². The number of ether oxygens (including phenoxy) is 1. The molecule has 0 aliphatic heterocycles. The molecule has 0 aliphatic carbocycles. The van der Waals surface area contributed by atoms with E-state index < -0.39 is 30.2 Å². The molecule has 11 heteroatoms. The van der Waals surface area contributed by atoms with Crippen LogP contribution in [0, 0.1) is 5.82 Å². The zero-order chi connectivity index (χ0) is 19.9. The number of carbonyl (C=O) groups is 3. The summed E-state index contributed by atoms with van der Waals surface area (Å²) >= 11 is 0. The molecule has 28 heavy (non-hydrogen) atoms. The molecule has 0 saturated carbocycles. The Kier molecular flexibility index (Phi) is 5.65. The van der Waals surface area contributed by atoms with Crippen LogP contribution in [0.4, 0.5) is 4.39 Å². The molecule has 0 bridgehead atoms. The highest BCUT2D eigenvalue weighted by molar-refractivity contribution is 5.96. The first-order chi connectivity index (χ1) is 13.5. The Morgan fingerprint density at radius 1 is 0.964 bits per heavy atom. The fraction of sp³-hybridized carbons (Fsp3) is 0.0588. The van der Waals surface area contributed by atoms with Crippen LogP contribution in [-0.4, -0.2) is 44.6 Å². The SMILES string of the molecule is O=C(COC(=O)c1ccc(-n2cnnn2)cc1)NNC(=O)c1ccc(F)cc1. The number of aromatic nitrogens is 4. The smallest absolute Gasteiger partial charge is 0.338 e. The first-order valence-electron chi connectivity index (χ1n) is 7.88. The molecule has 0 unspecified atom stereocenters. The molecule has 0 aliphatic rings. The number of tetrazole rings is 1. The standard InChI is InChI=1S/C17H13FN6O4/c18-13-5-1-11(2-6-13)16(26)21-20-15(25)9-28-17(27)12-3-7-14(8-4-12)24-10-19-22-23-24/h1-8,10H,9H2,(H,20,25)(H,21,26). The Morgan fingerprint density at radius 2 is 1.64 bits per heavy atom. The minimum atomic E-state index is -0.742. The van der Waals surface area contributed by atoms with Gasteiger partial charge in [-0.05, 0) is 59.0 Å². The average Bonchev–Trinajstić information content (AvgIpc) is 3.25. The lowest BCUT2D eigenvalue weighted by molar-refractivity contribution is -0.125.